The molecule has 0 spiro atoms. The van der Waals surface area contributed by atoms with Gasteiger partial charge in [0.1, 0.15) is 0 Å². The van der Waals surface area contributed by atoms with Crippen LogP contribution in [-0.2, 0) is 0 Å². The van der Waals surface area contributed by atoms with Crippen LogP contribution >= 0.6 is 0 Å². The van der Waals surface area contributed by atoms with E-state index in [0.29, 0.717) is 5.92 Å². The van der Waals surface area contributed by atoms with Crippen molar-refractivity contribution < 1.29 is 0 Å². The van der Waals surface area contributed by atoms with Crippen LogP contribution in [0.1, 0.15) is 17.5 Å². The SMILES string of the molecule is Cc1ccccc1NN=C(CC1C=CC=C1N(C)C)c1ccccc1. The van der Waals surface area contributed by atoms with E-state index in [1.807, 2.05) is 18.2 Å². The smallest absolute Gasteiger partial charge is 0.0689 e. The quantitative estimate of drug-likeness (QED) is 0.606. The highest BCUT2D eigenvalue weighted by Crippen LogP contribution is 2.26. The highest BCUT2D eigenvalue weighted by molar-refractivity contribution is 6.01. The molecule has 0 heterocycles. The third-order valence-electron chi connectivity index (χ3n) is 4.48. The Labute approximate surface area is 150 Å². The molecule has 1 unspecified atom stereocenters. The Hall–Kier alpha value is -2.81. The number of rotatable bonds is 6. The molecule has 0 aromatic heterocycles. The van der Waals surface area contributed by atoms with Crippen LogP contribution in [0.15, 0.2) is 83.6 Å². The fraction of sp³-hybridized carbons (Fsp3) is 0.227. The Bertz CT molecular complexity index is 801. The molecule has 0 saturated heterocycles. The predicted octanol–water partition coefficient (Wildman–Crippen LogP) is 4.83. The van der Waals surface area contributed by atoms with Gasteiger partial charge in [0.15, 0.2) is 0 Å². The zero-order chi connectivity index (χ0) is 17.6. The summed E-state index contributed by atoms with van der Waals surface area (Å²) in [7, 11) is 4.19. The standard InChI is InChI=1S/C22H25N3/c1-17-10-7-8-14-20(17)23-24-21(18-11-5-4-6-12-18)16-19-13-9-15-22(19)25(2)3/h4-15,19,23H,16H2,1-3H3. The van der Waals surface area contributed by atoms with Gasteiger partial charge < -0.3 is 4.90 Å². The van der Waals surface area contributed by atoms with Crippen LogP contribution in [0.2, 0.25) is 0 Å². The molecule has 3 rings (SSSR count). The molecule has 3 nitrogen and oxygen atoms in total. The van der Waals surface area contributed by atoms with E-state index in [2.05, 4.69) is 86.0 Å². The molecule has 1 aliphatic rings. The molecule has 3 heteroatoms. The van der Waals surface area contributed by atoms with Gasteiger partial charge in [0.2, 0.25) is 0 Å². The second-order valence-electron chi connectivity index (χ2n) is 6.53. The summed E-state index contributed by atoms with van der Waals surface area (Å²) in [6, 6.07) is 18.6. The average Bonchev–Trinajstić information content (AvgIpc) is 3.09. The predicted molar refractivity (Wildman–Crippen MR) is 107 cm³/mol. The van der Waals surface area contributed by atoms with Crippen LogP contribution in [0, 0.1) is 12.8 Å². The fourth-order valence-corrected chi connectivity index (χ4v) is 3.06. The van der Waals surface area contributed by atoms with E-state index in [9.17, 15) is 0 Å². The average molecular weight is 331 g/mol. The van der Waals surface area contributed by atoms with Gasteiger partial charge in [0, 0.05) is 32.1 Å². The number of nitrogens with one attached hydrogen (secondary N) is 1. The molecule has 0 bridgehead atoms. The van der Waals surface area contributed by atoms with E-state index < -0.39 is 0 Å². The van der Waals surface area contributed by atoms with Gasteiger partial charge in [-0.2, -0.15) is 5.10 Å². The van der Waals surface area contributed by atoms with E-state index in [0.717, 1.165) is 23.4 Å². The first-order valence-corrected chi connectivity index (χ1v) is 8.64. The number of benzene rings is 2. The minimum absolute atomic E-state index is 0.354. The largest absolute Gasteiger partial charge is 0.380 e. The van der Waals surface area contributed by atoms with Crippen molar-refractivity contribution in [1.29, 1.82) is 0 Å². The van der Waals surface area contributed by atoms with Crippen molar-refractivity contribution >= 4 is 11.4 Å². The first-order valence-electron chi connectivity index (χ1n) is 8.64. The summed E-state index contributed by atoms with van der Waals surface area (Å²) in [5, 5.41) is 4.77. The Kier molecular flexibility index (Phi) is 5.34. The van der Waals surface area contributed by atoms with Crippen molar-refractivity contribution in [3.63, 3.8) is 0 Å². The lowest BCUT2D eigenvalue weighted by Crippen LogP contribution is -2.19. The van der Waals surface area contributed by atoms with Crippen molar-refractivity contribution in [3.05, 3.63) is 89.6 Å². The molecule has 0 fully saturated rings. The van der Waals surface area contributed by atoms with Gasteiger partial charge >= 0.3 is 0 Å². The first-order chi connectivity index (χ1) is 12.1. The van der Waals surface area contributed by atoms with Crippen molar-refractivity contribution in [1.82, 2.24) is 4.90 Å². The number of para-hydroxylation sites is 1. The minimum Gasteiger partial charge on any atom is -0.380 e. The van der Waals surface area contributed by atoms with Crippen molar-refractivity contribution in [2.45, 2.75) is 13.3 Å². The van der Waals surface area contributed by atoms with Gasteiger partial charge in [0.05, 0.1) is 11.4 Å². The van der Waals surface area contributed by atoms with Crippen LogP contribution in [0.4, 0.5) is 5.69 Å². The van der Waals surface area contributed by atoms with Gasteiger partial charge in [-0.25, -0.2) is 0 Å². The van der Waals surface area contributed by atoms with Gasteiger partial charge in [-0.1, -0.05) is 60.7 Å². The number of hydrogen-bond acceptors (Lipinski definition) is 3. The first kappa shape index (κ1) is 17.0. The Balaban J connectivity index is 1.86. The number of hydrazone groups is 1. The summed E-state index contributed by atoms with van der Waals surface area (Å²) in [5.41, 5.74) is 9.03. The van der Waals surface area contributed by atoms with Gasteiger partial charge in [-0.3, -0.25) is 5.43 Å². The van der Waals surface area contributed by atoms with Crippen LogP contribution in [0.25, 0.3) is 0 Å². The molecule has 0 amide bonds. The topological polar surface area (TPSA) is 27.6 Å². The maximum Gasteiger partial charge on any atom is 0.0689 e. The molecule has 25 heavy (non-hydrogen) atoms. The third-order valence-corrected chi connectivity index (χ3v) is 4.48. The molecule has 2 aromatic carbocycles. The van der Waals surface area contributed by atoms with Crippen LogP contribution in [-0.4, -0.2) is 24.7 Å². The van der Waals surface area contributed by atoms with E-state index in [1.54, 1.807) is 0 Å². The zero-order valence-electron chi connectivity index (χ0n) is 15.1. The molecular formula is C22H25N3. The number of anilines is 1. The van der Waals surface area contributed by atoms with Gasteiger partial charge in [-0.15, -0.1) is 0 Å². The lowest BCUT2D eigenvalue weighted by molar-refractivity contribution is 0.460. The molecule has 1 atom stereocenters. The Morgan fingerprint density at radius 3 is 2.48 bits per heavy atom. The molecule has 0 saturated carbocycles. The van der Waals surface area contributed by atoms with Gasteiger partial charge in [0.25, 0.3) is 0 Å². The summed E-state index contributed by atoms with van der Waals surface area (Å²) < 4.78 is 0. The van der Waals surface area contributed by atoms with Gasteiger partial charge in [-0.05, 0) is 30.2 Å². The lowest BCUT2D eigenvalue weighted by atomic mass is 9.96. The summed E-state index contributed by atoms with van der Waals surface area (Å²) >= 11 is 0. The summed E-state index contributed by atoms with van der Waals surface area (Å²) in [4.78, 5) is 2.18. The lowest BCUT2D eigenvalue weighted by Gasteiger charge is -2.22. The molecule has 0 radical (unpaired) electrons. The molecule has 1 N–H and O–H groups in total. The summed E-state index contributed by atoms with van der Waals surface area (Å²) in [5.74, 6) is 0.354. The summed E-state index contributed by atoms with van der Waals surface area (Å²) in [6.45, 7) is 2.09. The number of aryl methyl sites for hydroxylation is 1. The minimum atomic E-state index is 0.354. The van der Waals surface area contributed by atoms with Crippen molar-refractivity contribution in [3.8, 4) is 0 Å². The highest BCUT2D eigenvalue weighted by atomic mass is 15.3. The number of nitrogens with zero attached hydrogens (tertiary/aromatic N) is 2. The maximum absolute atomic E-state index is 4.77. The number of hydrogen-bond donors (Lipinski definition) is 1. The molecular weight excluding hydrogens is 306 g/mol. The zero-order valence-corrected chi connectivity index (χ0v) is 15.1. The highest BCUT2D eigenvalue weighted by Gasteiger charge is 2.19. The third kappa shape index (κ3) is 4.18. The molecule has 1 aliphatic carbocycles. The molecule has 2 aromatic rings. The maximum atomic E-state index is 4.77. The van der Waals surface area contributed by atoms with E-state index >= 15 is 0 Å². The van der Waals surface area contributed by atoms with Crippen molar-refractivity contribution in [2.75, 3.05) is 19.5 Å². The second kappa shape index (κ2) is 7.84. The normalized spacial score (nSPS) is 16.7. The summed E-state index contributed by atoms with van der Waals surface area (Å²) in [6.07, 6.45) is 7.43. The van der Waals surface area contributed by atoms with Crippen LogP contribution in [0.3, 0.4) is 0 Å². The monoisotopic (exact) mass is 331 g/mol. The fourth-order valence-electron chi connectivity index (χ4n) is 3.06. The molecule has 128 valence electrons. The number of allylic oxidation sites excluding steroid dienone is 3. The van der Waals surface area contributed by atoms with Crippen LogP contribution in [0.5, 0.6) is 0 Å². The van der Waals surface area contributed by atoms with E-state index in [1.165, 1.54) is 11.3 Å². The van der Waals surface area contributed by atoms with E-state index in [-0.39, 0.29) is 0 Å². The molecule has 0 aliphatic heterocycles. The van der Waals surface area contributed by atoms with E-state index in [4.69, 9.17) is 5.10 Å². The van der Waals surface area contributed by atoms with Crippen LogP contribution < -0.4 is 5.43 Å². The Morgan fingerprint density at radius 1 is 1.04 bits per heavy atom. The second-order valence-corrected chi connectivity index (χ2v) is 6.53. The Morgan fingerprint density at radius 2 is 1.76 bits per heavy atom. The van der Waals surface area contributed by atoms with Crippen molar-refractivity contribution in [2.24, 2.45) is 11.0 Å².